The lowest BCUT2D eigenvalue weighted by Gasteiger charge is -2.15. The number of benzene rings is 2. The molecule has 0 bridgehead atoms. The maximum absolute atomic E-state index is 12.1. The van der Waals surface area contributed by atoms with Crippen LogP contribution in [0, 0.1) is 0 Å². The van der Waals surface area contributed by atoms with Crippen molar-refractivity contribution in [1.29, 1.82) is 0 Å². The lowest BCUT2D eigenvalue weighted by Crippen LogP contribution is -2.36. The van der Waals surface area contributed by atoms with E-state index in [0.29, 0.717) is 12.2 Å². The number of nitrogens with one attached hydrogen (secondary N) is 2. The van der Waals surface area contributed by atoms with Crippen molar-refractivity contribution >= 4 is 43.6 Å². The van der Waals surface area contributed by atoms with Crippen LogP contribution >= 0.6 is 11.3 Å². The number of rotatable bonds is 5. The number of hydrogen-bond acceptors (Lipinski definition) is 7. The van der Waals surface area contributed by atoms with Crippen LogP contribution in [0.1, 0.15) is 5.56 Å². The molecule has 0 unspecified atom stereocenters. The van der Waals surface area contributed by atoms with Gasteiger partial charge in [0.1, 0.15) is 17.1 Å². The molecule has 0 aliphatic carbocycles. The highest BCUT2D eigenvalue weighted by atomic mass is 32.1. The monoisotopic (exact) mass is 390 g/mol. The molecule has 0 atom stereocenters. The molecule has 2 heterocycles. The third kappa shape index (κ3) is 2.62. The summed E-state index contributed by atoms with van der Waals surface area (Å²) in [6.45, 7) is 0.327. The highest BCUT2D eigenvalue weighted by Gasteiger charge is 2.21. The van der Waals surface area contributed by atoms with Crippen LogP contribution in [-0.4, -0.2) is 14.5 Å². The van der Waals surface area contributed by atoms with Gasteiger partial charge in [-0.2, -0.15) is 0 Å². The first-order valence-corrected chi connectivity index (χ1v) is 9.39. The van der Waals surface area contributed by atoms with E-state index in [9.17, 15) is 14.7 Å². The molecule has 0 radical (unpaired) electrons. The Morgan fingerprint density at radius 1 is 1.07 bits per heavy atom. The first-order valence-electron chi connectivity index (χ1n) is 8.58. The molecule has 8 heteroatoms. The fourth-order valence-electron chi connectivity index (χ4n) is 3.20. The molecule has 2 aromatic heterocycles. The molecular formula is C20H14N4O3S. The lowest BCUT2D eigenvalue weighted by molar-refractivity contribution is 0.474. The third-order valence-electron chi connectivity index (χ3n) is 4.59. The Balaban J connectivity index is 1.42. The van der Waals surface area contributed by atoms with Crippen molar-refractivity contribution in [3.63, 3.8) is 0 Å². The normalized spacial score (nSPS) is 11.4. The first-order chi connectivity index (χ1) is 13.6. The smallest absolute Gasteiger partial charge is 0.253 e. The van der Waals surface area contributed by atoms with Crippen molar-refractivity contribution in [2.45, 2.75) is 6.54 Å². The van der Waals surface area contributed by atoms with Crippen LogP contribution in [0.3, 0.4) is 0 Å². The standard InChI is InChI=1S/C20H14N4O3S/c25-13-3-1-2-11(8-13)10-22-16-17(19(27)18(16)26)23-12-4-5-15-14(9-12)24-7-6-21-20(24)28-15/h1-9,22-23,25H,10H2. The van der Waals surface area contributed by atoms with E-state index in [1.807, 2.05) is 34.9 Å². The van der Waals surface area contributed by atoms with E-state index in [2.05, 4.69) is 15.6 Å². The van der Waals surface area contributed by atoms with Crippen LogP contribution in [0.5, 0.6) is 5.75 Å². The Bertz CT molecular complexity index is 1410. The molecule has 0 aliphatic heterocycles. The second-order valence-corrected chi connectivity index (χ2v) is 7.43. The number of phenolic OH excluding ortho intramolecular Hbond substituents is 1. The Kier molecular flexibility index (Phi) is 3.66. The number of imidazole rings is 1. The molecule has 0 spiro atoms. The predicted octanol–water partition coefficient (Wildman–Crippen LogP) is 3.21. The van der Waals surface area contributed by atoms with E-state index >= 15 is 0 Å². The summed E-state index contributed by atoms with van der Waals surface area (Å²) >= 11 is 1.58. The maximum atomic E-state index is 12.1. The third-order valence-corrected chi connectivity index (χ3v) is 5.64. The Morgan fingerprint density at radius 2 is 1.93 bits per heavy atom. The summed E-state index contributed by atoms with van der Waals surface area (Å²) < 4.78 is 3.06. The average molecular weight is 390 g/mol. The van der Waals surface area contributed by atoms with E-state index in [1.54, 1.807) is 35.7 Å². The summed E-state index contributed by atoms with van der Waals surface area (Å²) in [4.78, 5) is 29.2. The van der Waals surface area contributed by atoms with Crippen LogP contribution < -0.4 is 21.5 Å². The van der Waals surface area contributed by atoms with E-state index in [1.165, 1.54) is 0 Å². The zero-order valence-corrected chi connectivity index (χ0v) is 15.3. The molecule has 0 saturated heterocycles. The fraction of sp³-hybridized carbons (Fsp3) is 0.0500. The lowest BCUT2D eigenvalue weighted by atomic mass is 10.1. The predicted molar refractivity (Wildman–Crippen MR) is 111 cm³/mol. The van der Waals surface area contributed by atoms with Crippen molar-refractivity contribution in [3.05, 3.63) is 80.9 Å². The van der Waals surface area contributed by atoms with Gasteiger partial charge in [0.15, 0.2) is 4.96 Å². The number of fused-ring (bicyclic) bond motifs is 3. The summed E-state index contributed by atoms with van der Waals surface area (Å²) in [5.41, 5.74) is 1.92. The van der Waals surface area contributed by atoms with Crippen molar-refractivity contribution < 1.29 is 5.11 Å². The van der Waals surface area contributed by atoms with Gasteiger partial charge in [-0.3, -0.25) is 14.0 Å². The number of nitrogens with zero attached hydrogens (tertiary/aromatic N) is 2. The molecular weight excluding hydrogens is 376 g/mol. The van der Waals surface area contributed by atoms with Crippen molar-refractivity contribution in [2.24, 2.45) is 0 Å². The van der Waals surface area contributed by atoms with Gasteiger partial charge < -0.3 is 15.7 Å². The number of anilines is 3. The average Bonchev–Trinajstić information content (AvgIpc) is 3.28. The second-order valence-electron chi connectivity index (χ2n) is 6.42. The minimum Gasteiger partial charge on any atom is -0.508 e. The first kappa shape index (κ1) is 16.5. The van der Waals surface area contributed by atoms with Gasteiger partial charge in [0.2, 0.25) is 0 Å². The second kappa shape index (κ2) is 6.21. The molecule has 0 amide bonds. The van der Waals surface area contributed by atoms with Crippen LogP contribution in [0.15, 0.2) is 64.4 Å². The van der Waals surface area contributed by atoms with Gasteiger partial charge in [-0.25, -0.2) is 4.98 Å². The molecule has 0 aliphatic rings. The van der Waals surface area contributed by atoms with Gasteiger partial charge in [-0.15, -0.1) is 0 Å². The van der Waals surface area contributed by atoms with E-state index in [-0.39, 0.29) is 17.1 Å². The van der Waals surface area contributed by atoms with Gasteiger partial charge in [-0.05, 0) is 35.9 Å². The molecule has 5 rings (SSSR count). The maximum Gasteiger partial charge on any atom is 0.253 e. The van der Waals surface area contributed by atoms with Gasteiger partial charge in [0.25, 0.3) is 10.9 Å². The number of phenols is 1. The molecule has 28 heavy (non-hydrogen) atoms. The topological polar surface area (TPSA) is 95.7 Å². The van der Waals surface area contributed by atoms with Crippen LogP contribution in [0.2, 0.25) is 0 Å². The van der Waals surface area contributed by atoms with Crippen LogP contribution in [-0.2, 0) is 6.54 Å². The number of aromatic hydroxyl groups is 1. The zero-order valence-electron chi connectivity index (χ0n) is 14.5. The molecule has 0 saturated carbocycles. The van der Waals surface area contributed by atoms with Crippen molar-refractivity contribution in [1.82, 2.24) is 9.38 Å². The minimum absolute atomic E-state index is 0.150. The summed E-state index contributed by atoms with van der Waals surface area (Å²) in [7, 11) is 0. The summed E-state index contributed by atoms with van der Waals surface area (Å²) in [5, 5.41) is 15.6. The SMILES string of the molecule is O=c1c(NCc2cccc(O)c2)c(Nc2ccc3sc4nccn4c3c2)c1=O. The summed E-state index contributed by atoms with van der Waals surface area (Å²) in [6, 6.07) is 12.5. The van der Waals surface area contributed by atoms with E-state index < -0.39 is 10.9 Å². The van der Waals surface area contributed by atoms with Crippen LogP contribution in [0.4, 0.5) is 17.1 Å². The Hall–Kier alpha value is -3.65. The molecule has 138 valence electrons. The number of thiazole rings is 1. The zero-order chi connectivity index (χ0) is 19.3. The molecule has 3 aromatic carbocycles. The van der Waals surface area contributed by atoms with Gasteiger partial charge >= 0.3 is 0 Å². The molecule has 0 fully saturated rings. The van der Waals surface area contributed by atoms with E-state index in [4.69, 9.17) is 0 Å². The van der Waals surface area contributed by atoms with Gasteiger partial charge in [0.05, 0.1) is 10.2 Å². The molecule has 5 aromatic rings. The van der Waals surface area contributed by atoms with Crippen molar-refractivity contribution in [3.8, 4) is 5.75 Å². The molecule has 3 N–H and O–H groups in total. The number of aromatic nitrogens is 2. The summed E-state index contributed by atoms with van der Waals surface area (Å²) in [5.74, 6) is 0.150. The van der Waals surface area contributed by atoms with Gasteiger partial charge in [-0.1, -0.05) is 23.5 Å². The van der Waals surface area contributed by atoms with E-state index in [0.717, 1.165) is 20.7 Å². The highest BCUT2D eigenvalue weighted by Crippen LogP contribution is 2.30. The van der Waals surface area contributed by atoms with Gasteiger partial charge in [0, 0.05) is 24.6 Å². The number of hydrogen-bond donors (Lipinski definition) is 3. The largest absolute Gasteiger partial charge is 0.508 e. The minimum atomic E-state index is -0.545. The van der Waals surface area contributed by atoms with Crippen LogP contribution in [0.25, 0.3) is 15.2 Å². The highest BCUT2D eigenvalue weighted by molar-refractivity contribution is 7.23. The Labute approximate surface area is 162 Å². The Morgan fingerprint density at radius 3 is 2.79 bits per heavy atom. The van der Waals surface area contributed by atoms with Crippen molar-refractivity contribution in [2.75, 3.05) is 10.6 Å². The quantitative estimate of drug-likeness (QED) is 0.399. The molecule has 7 nitrogen and oxygen atoms in total. The summed E-state index contributed by atoms with van der Waals surface area (Å²) in [6.07, 6.45) is 3.63. The fourth-order valence-corrected chi connectivity index (χ4v) is 4.16.